The summed E-state index contributed by atoms with van der Waals surface area (Å²) in [6.07, 6.45) is -1.35. The number of halogens is 2. The lowest BCUT2D eigenvalue weighted by molar-refractivity contribution is 0.181. The van der Waals surface area contributed by atoms with Gasteiger partial charge in [-0.05, 0) is 31.6 Å². The molecule has 0 unspecified atom stereocenters. The van der Waals surface area contributed by atoms with Crippen LogP contribution in [0.15, 0.2) is 27.6 Å². The Hall–Kier alpha value is -1.98. The van der Waals surface area contributed by atoms with E-state index in [-0.39, 0.29) is 11.3 Å². The van der Waals surface area contributed by atoms with Crippen LogP contribution >= 0.6 is 0 Å². The van der Waals surface area contributed by atoms with Gasteiger partial charge in [0.05, 0.1) is 23.5 Å². The van der Waals surface area contributed by atoms with Gasteiger partial charge in [-0.3, -0.25) is 9.79 Å². The largest absolute Gasteiger partial charge is 0.382 e. The van der Waals surface area contributed by atoms with Crippen LogP contribution < -0.4 is 10.9 Å². The molecule has 2 heterocycles. The van der Waals surface area contributed by atoms with E-state index in [1.807, 2.05) is 0 Å². The van der Waals surface area contributed by atoms with Crippen LogP contribution in [0.3, 0.4) is 0 Å². The number of nitrogens with one attached hydrogen (secondary N) is 2. The summed E-state index contributed by atoms with van der Waals surface area (Å²) in [6.45, 7) is 4.24. The Labute approximate surface area is 109 Å². The summed E-state index contributed by atoms with van der Waals surface area (Å²) in [7, 11) is 0. The van der Waals surface area contributed by atoms with Gasteiger partial charge in [0.25, 0.3) is 12.0 Å². The van der Waals surface area contributed by atoms with Gasteiger partial charge in [-0.2, -0.15) is 0 Å². The highest BCUT2D eigenvalue weighted by atomic mass is 19.3. The summed E-state index contributed by atoms with van der Waals surface area (Å²) in [4.78, 5) is 18.8. The Morgan fingerprint density at radius 2 is 2.11 bits per heavy atom. The highest BCUT2D eigenvalue weighted by molar-refractivity contribution is 6.09. The smallest absolute Gasteiger partial charge is 0.277 e. The van der Waals surface area contributed by atoms with Crippen molar-refractivity contribution in [3.05, 3.63) is 45.0 Å². The highest BCUT2D eigenvalue weighted by Crippen LogP contribution is 2.12. The van der Waals surface area contributed by atoms with Crippen LogP contribution in [0.1, 0.15) is 16.8 Å². The van der Waals surface area contributed by atoms with Gasteiger partial charge in [0.1, 0.15) is 0 Å². The monoisotopic (exact) mass is 267 g/mol. The van der Waals surface area contributed by atoms with E-state index in [1.165, 1.54) is 6.08 Å². The molecule has 2 N–H and O–H groups in total. The second kappa shape index (κ2) is 5.34. The number of aryl methyl sites for hydroxylation is 2. The Bertz CT molecular complexity index is 602. The summed E-state index contributed by atoms with van der Waals surface area (Å²) in [5.74, 6) is 0. The number of H-pyrrole nitrogens is 1. The lowest BCUT2D eigenvalue weighted by Crippen LogP contribution is -2.22. The molecule has 0 aliphatic carbocycles. The fraction of sp³-hybridized carbons (Fsp3) is 0.385. The molecule has 19 heavy (non-hydrogen) atoms. The Morgan fingerprint density at radius 1 is 1.37 bits per heavy atom. The minimum absolute atomic E-state index is 0.198. The number of aromatic amines is 1. The van der Waals surface area contributed by atoms with Crippen molar-refractivity contribution < 1.29 is 8.78 Å². The Balaban J connectivity index is 2.54. The number of aromatic nitrogens is 1. The molecule has 1 aliphatic heterocycles. The third-order valence-corrected chi connectivity index (χ3v) is 2.87. The minimum atomic E-state index is -2.60. The molecule has 1 aliphatic rings. The third-order valence-electron chi connectivity index (χ3n) is 2.87. The summed E-state index contributed by atoms with van der Waals surface area (Å²) in [5.41, 5.74) is 1.62. The number of allylic oxidation sites excluding steroid dienone is 2. The van der Waals surface area contributed by atoms with E-state index in [9.17, 15) is 13.6 Å². The van der Waals surface area contributed by atoms with E-state index in [2.05, 4.69) is 15.3 Å². The molecule has 0 aromatic carbocycles. The summed E-state index contributed by atoms with van der Waals surface area (Å²) < 4.78 is 25.6. The zero-order valence-corrected chi connectivity index (χ0v) is 10.8. The summed E-state index contributed by atoms with van der Waals surface area (Å²) >= 11 is 0. The quantitative estimate of drug-likeness (QED) is 0.853. The number of nitrogens with zero attached hydrogens (tertiary/aromatic N) is 1. The standard InChI is InChI=1S/C13H15F2N3O/c1-7-5-8(2)18-13(19)11(7)9-6-10(12(14)15)17-4-3-16-9/h5-6,12,17H,3-4H2,1-2H3,(H,18,19). The maximum Gasteiger partial charge on any atom is 0.277 e. The van der Waals surface area contributed by atoms with Crippen LogP contribution in [-0.4, -0.2) is 30.2 Å². The zero-order chi connectivity index (χ0) is 14.0. The van der Waals surface area contributed by atoms with Crippen molar-refractivity contribution in [1.82, 2.24) is 10.3 Å². The van der Waals surface area contributed by atoms with Crippen molar-refractivity contribution in [2.24, 2.45) is 4.99 Å². The number of aliphatic imine (C=N–C) groups is 1. The highest BCUT2D eigenvalue weighted by Gasteiger charge is 2.17. The number of hydrogen-bond donors (Lipinski definition) is 2. The summed E-state index contributed by atoms with van der Waals surface area (Å²) in [6, 6.07) is 1.80. The maximum absolute atomic E-state index is 12.8. The van der Waals surface area contributed by atoms with Crippen molar-refractivity contribution in [2.75, 3.05) is 13.1 Å². The molecule has 4 nitrogen and oxygen atoms in total. The fourth-order valence-corrected chi connectivity index (χ4v) is 2.08. The van der Waals surface area contributed by atoms with Gasteiger partial charge in [-0.25, -0.2) is 8.78 Å². The van der Waals surface area contributed by atoms with E-state index in [1.54, 1.807) is 19.9 Å². The lowest BCUT2D eigenvalue weighted by atomic mass is 10.0. The molecule has 2 rings (SSSR count). The number of rotatable bonds is 2. The zero-order valence-electron chi connectivity index (χ0n) is 10.8. The molecule has 0 radical (unpaired) electrons. The molecule has 1 aromatic rings. The van der Waals surface area contributed by atoms with Crippen LogP contribution in [0, 0.1) is 13.8 Å². The van der Waals surface area contributed by atoms with Gasteiger partial charge >= 0.3 is 0 Å². The first-order valence-electron chi connectivity index (χ1n) is 5.98. The molecule has 0 bridgehead atoms. The summed E-state index contributed by atoms with van der Waals surface area (Å²) in [5, 5.41) is 2.62. The predicted octanol–water partition coefficient (Wildman–Crippen LogP) is 1.53. The maximum atomic E-state index is 12.8. The predicted molar refractivity (Wildman–Crippen MR) is 70.0 cm³/mol. The third kappa shape index (κ3) is 2.89. The van der Waals surface area contributed by atoms with Crippen molar-refractivity contribution in [2.45, 2.75) is 20.3 Å². The van der Waals surface area contributed by atoms with Gasteiger partial charge in [-0.1, -0.05) is 0 Å². The van der Waals surface area contributed by atoms with Crippen molar-refractivity contribution in [3.63, 3.8) is 0 Å². The molecule has 0 atom stereocenters. The van der Waals surface area contributed by atoms with Gasteiger partial charge in [0.15, 0.2) is 0 Å². The molecule has 0 saturated heterocycles. The molecule has 0 amide bonds. The normalized spacial score (nSPS) is 15.6. The van der Waals surface area contributed by atoms with E-state index < -0.39 is 6.43 Å². The topological polar surface area (TPSA) is 57.2 Å². The molecule has 102 valence electrons. The number of pyridine rings is 1. The van der Waals surface area contributed by atoms with Gasteiger partial charge in [0.2, 0.25) is 0 Å². The molecular weight excluding hydrogens is 252 g/mol. The van der Waals surface area contributed by atoms with E-state index in [0.717, 1.165) is 11.3 Å². The minimum Gasteiger partial charge on any atom is -0.382 e. The van der Waals surface area contributed by atoms with Gasteiger partial charge < -0.3 is 10.3 Å². The molecular formula is C13H15F2N3O. The molecule has 0 fully saturated rings. The molecule has 1 aromatic heterocycles. The molecule has 6 heteroatoms. The fourth-order valence-electron chi connectivity index (χ4n) is 2.08. The lowest BCUT2D eigenvalue weighted by Gasteiger charge is -2.08. The van der Waals surface area contributed by atoms with Crippen LogP contribution in [0.5, 0.6) is 0 Å². The number of alkyl halides is 2. The van der Waals surface area contributed by atoms with Crippen molar-refractivity contribution in [1.29, 1.82) is 0 Å². The number of hydrogen-bond acceptors (Lipinski definition) is 3. The second-order valence-electron chi connectivity index (χ2n) is 4.43. The van der Waals surface area contributed by atoms with Crippen LogP contribution in [-0.2, 0) is 0 Å². The van der Waals surface area contributed by atoms with Crippen LogP contribution in [0.25, 0.3) is 0 Å². The Kier molecular flexibility index (Phi) is 3.78. The first-order valence-corrected chi connectivity index (χ1v) is 5.98. The van der Waals surface area contributed by atoms with E-state index in [0.29, 0.717) is 24.4 Å². The first kappa shape index (κ1) is 13.5. The van der Waals surface area contributed by atoms with E-state index in [4.69, 9.17) is 0 Å². The molecule has 0 spiro atoms. The SMILES string of the molecule is Cc1cc(C)c(C2=NCCNC(C(F)F)=C2)c(=O)[nH]1. The van der Waals surface area contributed by atoms with Gasteiger partial charge in [0, 0.05) is 12.2 Å². The van der Waals surface area contributed by atoms with Gasteiger partial charge in [-0.15, -0.1) is 0 Å². The van der Waals surface area contributed by atoms with E-state index >= 15 is 0 Å². The second-order valence-corrected chi connectivity index (χ2v) is 4.43. The first-order chi connectivity index (χ1) is 8.99. The Morgan fingerprint density at radius 3 is 2.74 bits per heavy atom. The van der Waals surface area contributed by atoms with Crippen LogP contribution in [0.4, 0.5) is 8.78 Å². The van der Waals surface area contributed by atoms with Crippen LogP contribution in [0.2, 0.25) is 0 Å². The van der Waals surface area contributed by atoms with Crippen molar-refractivity contribution in [3.8, 4) is 0 Å². The molecule has 0 saturated carbocycles. The average molecular weight is 267 g/mol. The average Bonchev–Trinajstić information content (AvgIpc) is 2.53. The van der Waals surface area contributed by atoms with Crippen molar-refractivity contribution >= 4 is 5.71 Å².